The summed E-state index contributed by atoms with van der Waals surface area (Å²) in [6.45, 7) is 3.73. The van der Waals surface area contributed by atoms with Crippen LogP contribution in [0.2, 0.25) is 0 Å². The third-order valence-corrected chi connectivity index (χ3v) is 6.09. The number of amides is 1. The third kappa shape index (κ3) is 4.09. The lowest BCUT2D eigenvalue weighted by atomic mass is 10.2. The monoisotopic (exact) mass is 383 g/mol. The zero-order chi connectivity index (χ0) is 19.4. The third-order valence-electron chi connectivity index (χ3n) is 4.12. The van der Waals surface area contributed by atoms with Gasteiger partial charge in [-0.05, 0) is 49.7 Å². The van der Waals surface area contributed by atoms with Crippen molar-refractivity contribution in [2.75, 3.05) is 11.1 Å². The first-order valence-electron chi connectivity index (χ1n) is 8.66. The van der Waals surface area contributed by atoms with Gasteiger partial charge in [-0.15, -0.1) is 0 Å². The smallest absolute Gasteiger partial charge is 0.256 e. The molecule has 1 amide bonds. The minimum absolute atomic E-state index is 0.00531. The maximum Gasteiger partial charge on any atom is 0.256 e. The Hall–Kier alpha value is -2.93. The van der Waals surface area contributed by atoms with Gasteiger partial charge in [-0.3, -0.25) is 4.79 Å². The van der Waals surface area contributed by atoms with Crippen molar-refractivity contribution in [2.45, 2.75) is 25.2 Å². The quantitative estimate of drug-likeness (QED) is 0.705. The molecule has 0 unspecified atom stereocenters. The highest BCUT2D eigenvalue weighted by molar-refractivity contribution is 7.91. The number of aryl methyl sites for hydroxylation is 1. The van der Waals surface area contributed by atoms with Gasteiger partial charge in [0.25, 0.3) is 5.91 Å². The Labute approximate surface area is 158 Å². The van der Waals surface area contributed by atoms with E-state index in [9.17, 15) is 13.2 Å². The van der Waals surface area contributed by atoms with Crippen LogP contribution >= 0.6 is 0 Å². The molecule has 0 saturated carbocycles. The first kappa shape index (κ1) is 18.8. The minimum Gasteiger partial charge on any atom is -0.322 e. The average Bonchev–Trinajstić information content (AvgIpc) is 3.08. The standard InChI is InChI=1S/C20H21N3O3S/c1-3-13-27(25,26)19-10-5-4-9-18(19)20(24)22-16-7-6-8-17(14-16)23-15(2)11-12-21-23/h4-12,14H,3,13H2,1-2H3,(H,22,24). The second-order valence-corrected chi connectivity index (χ2v) is 8.28. The van der Waals surface area contributed by atoms with Gasteiger partial charge >= 0.3 is 0 Å². The summed E-state index contributed by atoms with van der Waals surface area (Å²) in [6.07, 6.45) is 2.19. The lowest BCUT2D eigenvalue weighted by Gasteiger charge is -2.12. The van der Waals surface area contributed by atoms with Gasteiger partial charge in [-0.25, -0.2) is 13.1 Å². The molecule has 0 fully saturated rings. The average molecular weight is 383 g/mol. The summed E-state index contributed by atoms with van der Waals surface area (Å²) in [5, 5.41) is 7.05. The summed E-state index contributed by atoms with van der Waals surface area (Å²) < 4.78 is 26.7. The molecule has 1 N–H and O–H groups in total. The Morgan fingerprint density at radius 3 is 2.59 bits per heavy atom. The van der Waals surface area contributed by atoms with Crippen molar-refractivity contribution in [2.24, 2.45) is 0 Å². The molecule has 0 spiro atoms. The molecule has 2 aromatic carbocycles. The van der Waals surface area contributed by atoms with E-state index in [1.165, 1.54) is 12.1 Å². The van der Waals surface area contributed by atoms with E-state index < -0.39 is 15.7 Å². The first-order valence-corrected chi connectivity index (χ1v) is 10.3. The van der Waals surface area contributed by atoms with E-state index in [0.717, 1.165) is 11.4 Å². The van der Waals surface area contributed by atoms with Crippen LogP contribution in [0.4, 0.5) is 5.69 Å². The molecular formula is C20H21N3O3S. The van der Waals surface area contributed by atoms with E-state index in [0.29, 0.717) is 12.1 Å². The maximum absolute atomic E-state index is 12.8. The lowest BCUT2D eigenvalue weighted by Crippen LogP contribution is -2.18. The van der Waals surface area contributed by atoms with Gasteiger partial charge in [0.05, 0.1) is 21.9 Å². The van der Waals surface area contributed by atoms with E-state index in [1.807, 2.05) is 25.1 Å². The first-order chi connectivity index (χ1) is 12.9. The normalized spacial score (nSPS) is 11.3. The van der Waals surface area contributed by atoms with Gasteiger partial charge in [0.2, 0.25) is 0 Å². The minimum atomic E-state index is -3.50. The number of hydrogen-bond donors (Lipinski definition) is 1. The molecule has 0 aliphatic rings. The number of benzene rings is 2. The molecule has 0 aliphatic carbocycles. The van der Waals surface area contributed by atoms with Gasteiger partial charge in [0.1, 0.15) is 0 Å². The van der Waals surface area contributed by atoms with Crippen molar-refractivity contribution in [1.29, 1.82) is 0 Å². The van der Waals surface area contributed by atoms with Crippen LogP contribution in [-0.4, -0.2) is 29.9 Å². The van der Waals surface area contributed by atoms with E-state index in [2.05, 4.69) is 10.4 Å². The molecule has 3 rings (SSSR count). The summed E-state index contributed by atoms with van der Waals surface area (Å²) in [6, 6.07) is 15.4. The van der Waals surface area contributed by atoms with E-state index in [4.69, 9.17) is 0 Å². The van der Waals surface area contributed by atoms with Crippen LogP contribution in [0.1, 0.15) is 29.4 Å². The van der Waals surface area contributed by atoms with Crippen LogP contribution in [0, 0.1) is 6.92 Å². The van der Waals surface area contributed by atoms with Crippen LogP contribution in [0.25, 0.3) is 5.69 Å². The lowest BCUT2D eigenvalue weighted by molar-refractivity contribution is 0.102. The van der Waals surface area contributed by atoms with Crippen molar-refractivity contribution in [1.82, 2.24) is 9.78 Å². The zero-order valence-electron chi connectivity index (χ0n) is 15.2. The van der Waals surface area contributed by atoms with Crippen LogP contribution in [0.3, 0.4) is 0 Å². The number of nitrogens with one attached hydrogen (secondary N) is 1. The Balaban J connectivity index is 1.90. The van der Waals surface area contributed by atoms with Crippen molar-refractivity contribution < 1.29 is 13.2 Å². The molecule has 0 saturated heterocycles. The summed E-state index contributed by atoms with van der Waals surface area (Å²) in [4.78, 5) is 12.8. The highest BCUT2D eigenvalue weighted by atomic mass is 32.2. The second kappa shape index (κ2) is 7.75. The Morgan fingerprint density at radius 1 is 1.11 bits per heavy atom. The largest absolute Gasteiger partial charge is 0.322 e. The number of nitrogens with zero attached hydrogens (tertiary/aromatic N) is 2. The molecule has 7 heteroatoms. The van der Waals surface area contributed by atoms with E-state index in [-0.39, 0.29) is 16.2 Å². The van der Waals surface area contributed by atoms with E-state index in [1.54, 1.807) is 42.1 Å². The second-order valence-electron chi connectivity index (χ2n) is 6.20. The fourth-order valence-electron chi connectivity index (χ4n) is 2.86. The number of carbonyl (C=O) groups excluding carboxylic acids is 1. The topological polar surface area (TPSA) is 81.1 Å². The van der Waals surface area contributed by atoms with Crippen molar-refractivity contribution >= 4 is 21.4 Å². The molecule has 0 bridgehead atoms. The molecular weight excluding hydrogens is 362 g/mol. The summed E-state index contributed by atoms with van der Waals surface area (Å²) in [5.41, 5.74) is 2.48. The fraction of sp³-hybridized carbons (Fsp3) is 0.200. The van der Waals surface area contributed by atoms with Gasteiger partial charge in [-0.1, -0.05) is 25.1 Å². The van der Waals surface area contributed by atoms with Crippen LogP contribution in [0.5, 0.6) is 0 Å². The zero-order valence-corrected chi connectivity index (χ0v) is 16.0. The summed E-state index contributed by atoms with van der Waals surface area (Å²) in [5.74, 6) is -0.453. The number of aromatic nitrogens is 2. The maximum atomic E-state index is 12.8. The molecule has 6 nitrogen and oxygen atoms in total. The molecule has 0 aliphatic heterocycles. The van der Waals surface area contributed by atoms with Gasteiger partial charge in [-0.2, -0.15) is 5.10 Å². The van der Waals surface area contributed by atoms with Crippen LogP contribution < -0.4 is 5.32 Å². The van der Waals surface area contributed by atoms with Gasteiger partial charge in [0, 0.05) is 17.6 Å². The molecule has 27 heavy (non-hydrogen) atoms. The fourth-order valence-corrected chi connectivity index (χ4v) is 4.40. The molecule has 140 valence electrons. The molecule has 0 radical (unpaired) electrons. The predicted octanol–water partition coefficient (Wildman–Crippen LogP) is 3.62. The number of sulfone groups is 1. The summed E-state index contributed by atoms with van der Waals surface area (Å²) in [7, 11) is -3.50. The number of rotatable bonds is 6. The number of hydrogen-bond acceptors (Lipinski definition) is 4. The Kier molecular flexibility index (Phi) is 5.41. The molecule has 1 heterocycles. The Morgan fingerprint density at radius 2 is 1.89 bits per heavy atom. The number of carbonyl (C=O) groups is 1. The van der Waals surface area contributed by atoms with Crippen molar-refractivity contribution in [3.8, 4) is 5.69 Å². The van der Waals surface area contributed by atoms with Crippen LogP contribution in [-0.2, 0) is 9.84 Å². The molecule has 1 aromatic heterocycles. The van der Waals surface area contributed by atoms with E-state index >= 15 is 0 Å². The number of anilines is 1. The Bertz CT molecular complexity index is 1070. The van der Waals surface area contributed by atoms with Gasteiger partial charge in [0.15, 0.2) is 9.84 Å². The van der Waals surface area contributed by atoms with Crippen LogP contribution in [0.15, 0.2) is 65.7 Å². The SMILES string of the molecule is CCCS(=O)(=O)c1ccccc1C(=O)Nc1cccc(-n2nccc2C)c1. The predicted molar refractivity (Wildman–Crippen MR) is 105 cm³/mol. The highest BCUT2D eigenvalue weighted by Crippen LogP contribution is 2.21. The molecule has 3 aromatic rings. The summed E-state index contributed by atoms with van der Waals surface area (Å²) >= 11 is 0. The van der Waals surface area contributed by atoms with Crippen molar-refractivity contribution in [3.05, 3.63) is 72.1 Å². The highest BCUT2D eigenvalue weighted by Gasteiger charge is 2.21. The van der Waals surface area contributed by atoms with Gasteiger partial charge < -0.3 is 5.32 Å². The molecule has 0 atom stereocenters. The van der Waals surface area contributed by atoms with Crippen molar-refractivity contribution in [3.63, 3.8) is 0 Å².